The Bertz CT molecular complexity index is 622. The minimum atomic E-state index is -0.261. The van der Waals surface area contributed by atoms with Gasteiger partial charge in [-0.2, -0.15) is 0 Å². The summed E-state index contributed by atoms with van der Waals surface area (Å²) in [6.07, 6.45) is 0. The molecule has 2 aromatic carbocycles. The van der Waals surface area contributed by atoms with Crippen LogP contribution in [0.2, 0.25) is 0 Å². The van der Waals surface area contributed by atoms with Crippen molar-refractivity contribution >= 4 is 28.7 Å². The quantitative estimate of drug-likeness (QED) is 0.777. The van der Waals surface area contributed by atoms with E-state index < -0.39 is 0 Å². The van der Waals surface area contributed by atoms with Gasteiger partial charge in [0.2, 0.25) is 0 Å². The van der Waals surface area contributed by atoms with E-state index in [-0.39, 0.29) is 5.82 Å². The van der Waals surface area contributed by atoms with Crippen molar-refractivity contribution in [2.45, 2.75) is 20.4 Å². The molecule has 0 spiro atoms. The lowest BCUT2D eigenvalue weighted by Crippen LogP contribution is -2.28. The van der Waals surface area contributed by atoms with Crippen LogP contribution in [-0.4, -0.2) is 18.2 Å². The predicted octanol–water partition coefficient (Wildman–Crippen LogP) is 4.16. The van der Waals surface area contributed by atoms with Gasteiger partial charge in [-0.25, -0.2) is 4.39 Å². The van der Waals surface area contributed by atoms with E-state index in [1.165, 1.54) is 17.8 Å². The highest BCUT2D eigenvalue weighted by Crippen LogP contribution is 2.15. The van der Waals surface area contributed by atoms with Crippen LogP contribution < -0.4 is 15.5 Å². The number of hydrogen-bond donors (Lipinski definition) is 2. The number of nitrogens with one attached hydrogen (secondary N) is 2. The van der Waals surface area contributed by atoms with Crippen molar-refractivity contribution in [2.75, 3.05) is 23.3 Å². The topological polar surface area (TPSA) is 27.3 Å². The van der Waals surface area contributed by atoms with Gasteiger partial charge in [-0.1, -0.05) is 12.1 Å². The molecule has 0 bridgehead atoms. The molecular weight excluding hydrogens is 309 g/mol. The molecule has 23 heavy (non-hydrogen) atoms. The lowest BCUT2D eigenvalue weighted by molar-refractivity contribution is 0.628. The van der Waals surface area contributed by atoms with Crippen LogP contribution in [0.3, 0.4) is 0 Å². The molecule has 0 saturated heterocycles. The first-order valence-corrected chi connectivity index (χ1v) is 8.17. The molecule has 0 saturated carbocycles. The molecule has 0 radical (unpaired) electrons. The number of anilines is 2. The van der Waals surface area contributed by atoms with E-state index in [2.05, 4.69) is 53.6 Å². The van der Waals surface area contributed by atoms with Crippen molar-refractivity contribution in [3.63, 3.8) is 0 Å². The monoisotopic (exact) mass is 331 g/mol. The van der Waals surface area contributed by atoms with Crippen LogP contribution in [0.4, 0.5) is 15.8 Å². The number of benzene rings is 2. The maximum atomic E-state index is 12.9. The fourth-order valence-electron chi connectivity index (χ4n) is 2.30. The SMILES string of the molecule is CCN(CC)c1ccc(CNC(=S)Nc2ccc(F)cc2)cc1. The number of hydrogen-bond acceptors (Lipinski definition) is 2. The number of halogens is 1. The first-order valence-electron chi connectivity index (χ1n) is 7.76. The smallest absolute Gasteiger partial charge is 0.171 e. The Kier molecular flexibility index (Phi) is 6.35. The average Bonchev–Trinajstić information content (AvgIpc) is 2.57. The second-order valence-corrected chi connectivity index (χ2v) is 5.56. The summed E-state index contributed by atoms with van der Waals surface area (Å²) in [5.74, 6) is -0.261. The molecule has 3 nitrogen and oxygen atoms in total. The third kappa shape index (κ3) is 5.21. The van der Waals surface area contributed by atoms with Crippen LogP contribution in [0, 0.1) is 5.82 Å². The Balaban J connectivity index is 1.85. The maximum absolute atomic E-state index is 12.9. The molecule has 2 N–H and O–H groups in total. The average molecular weight is 331 g/mol. The molecule has 0 heterocycles. The minimum absolute atomic E-state index is 0.261. The van der Waals surface area contributed by atoms with Gasteiger partial charge in [-0.15, -0.1) is 0 Å². The summed E-state index contributed by atoms with van der Waals surface area (Å²) in [5.41, 5.74) is 3.15. The summed E-state index contributed by atoms with van der Waals surface area (Å²) in [6.45, 7) is 6.95. The highest BCUT2D eigenvalue weighted by Gasteiger charge is 2.02. The molecule has 2 rings (SSSR count). The molecule has 0 unspecified atom stereocenters. The van der Waals surface area contributed by atoms with Crippen LogP contribution >= 0.6 is 12.2 Å². The summed E-state index contributed by atoms with van der Waals surface area (Å²) >= 11 is 5.25. The van der Waals surface area contributed by atoms with Gasteiger partial charge >= 0.3 is 0 Å². The summed E-state index contributed by atoms with van der Waals surface area (Å²) in [4.78, 5) is 2.30. The molecule has 5 heteroatoms. The molecule has 0 fully saturated rings. The highest BCUT2D eigenvalue weighted by atomic mass is 32.1. The Morgan fingerprint density at radius 1 is 1.00 bits per heavy atom. The number of thiocarbonyl (C=S) groups is 1. The normalized spacial score (nSPS) is 10.2. The zero-order valence-electron chi connectivity index (χ0n) is 13.5. The summed E-state index contributed by atoms with van der Waals surface area (Å²) in [6, 6.07) is 14.6. The summed E-state index contributed by atoms with van der Waals surface area (Å²) in [7, 11) is 0. The van der Waals surface area contributed by atoms with Crippen LogP contribution in [0.15, 0.2) is 48.5 Å². The largest absolute Gasteiger partial charge is 0.372 e. The van der Waals surface area contributed by atoms with Gasteiger partial charge in [0.05, 0.1) is 0 Å². The van der Waals surface area contributed by atoms with E-state index in [1.54, 1.807) is 12.1 Å². The van der Waals surface area contributed by atoms with Crippen molar-refractivity contribution < 1.29 is 4.39 Å². The van der Waals surface area contributed by atoms with Crippen LogP contribution in [0.25, 0.3) is 0 Å². The van der Waals surface area contributed by atoms with Gasteiger partial charge in [-0.3, -0.25) is 0 Å². The highest BCUT2D eigenvalue weighted by molar-refractivity contribution is 7.80. The maximum Gasteiger partial charge on any atom is 0.171 e. The number of nitrogens with zero attached hydrogens (tertiary/aromatic N) is 1. The first kappa shape index (κ1) is 17.2. The molecule has 2 aromatic rings. The van der Waals surface area contributed by atoms with Crippen molar-refractivity contribution in [2.24, 2.45) is 0 Å². The van der Waals surface area contributed by atoms with Crippen molar-refractivity contribution in [3.05, 3.63) is 59.9 Å². The lowest BCUT2D eigenvalue weighted by atomic mass is 10.2. The van der Waals surface area contributed by atoms with Crippen LogP contribution in [0.5, 0.6) is 0 Å². The van der Waals surface area contributed by atoms with Gasteiger partial charge in [0.25, 0.3) is 0 Å². The van der Waals surface area contributed by atoms with E-state index in [0.29, 0.717) is 11.7 Å². The molecule has 0 aromatic heterocycles. The first-order chi connectivity index (χ1) is 11.1. The Morgan fingerprint density at radius 3 is 2.17 bits per heavy atom. The summed E-state index contributed by atoms with van der Waals surface area (Å²) in [5, 5.41) is 6.70. The van der Waals surface area contributed by atoms with E-state index in [4.69, 9.17) is 12.2 Å². The van der Waals surface area contributed by atoms with Crippen molar-refractivity contribution in [3.8, 4) is 0 Å². The standard InChI is InChI=1S/C18H22FN3S/c1-3-22(4-2)17-11-5-14(6-12-17)13-20-18(23)21-16-9-7-15(19)8-10-16/h5-12H,3-4,13H2,1-2H3,(H2,20,21,23). The zero-order chi connectivity index (χ0) is 16.7. The third-order valence-electron chi connectivity index (χ3n) is 3.62. The molecule has 0 aliphatic heterocycles. The van der Waals surface area contributed by atoms with Crippen LogP contribution in [0.1, 0.15) is 19.4 Å². The van der Waals surface area contributed by atoms with E-state index >= 15 is 0 Å². The third-order valence-corrected chi connectivity index (χ3v) is 3.87. The van der Waals surface area contributed by atoms with Gasteiger partial charge in [0, 0.05) is 31.0 Å². The van der Waals surface area contributed by atoms with Gasteiger partial charge in [0.1, 0.15) is 5.82 Å². The minimum Gasteiger partial charge on any atom is -0.372 e. The second-order valence-electron chi connectivity index (χ2n) is 5.15. The van der Waals surface area contributed by atoms with Gasteiger partial charge in [-0.05, 0) is 68.0 Å². The van der Waals surface area contributed by atoms with E-state index in [1.807, 2.05) is 0 Å². The Labute approximate surface area is 142 Å². The number of rotatable bonds is 6. The van der Waals surface area contributed by atoms with Crippen LogP contribution in [-0.2, 0) is 6.54 Å². The Hall–Kier alpha value is -2.14. The lowest BCUT2D eigenvalue weighted by Gasteiger charge is -2.21. The van der Waals surface area contributed by atoms with Gasteiger partial charge in [0.15, 0.2) is 5.11 Å². The zero-order valence-corrected chi connectivity index (χ0v) is 14.3. The van der Waals surface area contributed by atoms with Gasteiger partial charge < -0.3 is 15.5 Å². The fraction of sp³-hybridized carbons (Fsp3) is 0.278. The van der Waals surface area contributed by atoms with E-state index in [0.717, 1.165) is 24.3 Å². The fourth-order valence-corrected chi connectivity index (χ4v) is 2.49. The molecule has 122 valence electrons. The molecular formula is C18H22FN3S. The van der Waals surface area contributed by atoms with Crippen molar-refractivity contribution in [1.29, 1.82) is 0 Å². The molecule has 0 amide bonds. The second kappa shape index (κ2) is 8.48. The molecule has 0 atom stereocenters. The molecule has 0 aliphatic rings. The molecule has 0 aliphatic carbocycles. The summed E-state index contributed by atoms with van der Waals surface area (Å²) < 4.78 is 12.9. The Morgan fingerprint density at radius 2 is 1.61 bits per heavy atom. The van der Waals surface area contributed by atoms with E-state index in [9.17, 15) is 4.39 Å². The predicted molar refractivity (Wildman–Crippen MR) is 99.5 cm³/mol. The van der Waals surface area contributed by atoms with Crippen molar-refractivity contribution in [1.82, 2.24) is 5.32 Å².